The molecule has 1 aromatic carbocycles. The van der Waals surface area contributed by atoms with Crippen molar-refractivity contribution in [2.75, 3.05) is 31.7 Å². The first-order chi connectivity index (χ1) is 16.2. The monoisotopic (exact) mass is 481 g/mol. The molecule has 2 aromatic heterocycles. The van der Waals surface area contributed by atoms with E-state index in [4.69, 9.17) is 17.3 Å². The van der Waals surface area contributed by atoms with E-state index in [9.17, 15) is 9.59 Å². The maximum absolute atomic E-state index is 15.6. The van der Waals surface area contributed by atoms with E-state index in [1.165, 1.54) is 23.2 Å². The van der Waals surface area contributed by atoms with Gasteiger partial charge in [0.2, 0.25) is 0 Å². The molecule has 7 nitrogen and oxygen atoms in total. The number of benzene rings is 1. The Morgan fingerprint density at radius 1 is 1.29 bits per heavy atom. The number of rotatable bonds is 3. The summed E-state index contributed by atoms with van der Waals surface area (Å²) >= 11 is 6.95. The number of carbonyl (C=O) groups is 1. The van der Waals surface area contributed by atoms with E-state index >= 15 is 4.39 Å². The molecule has 0 bridgehead atoms. The van der Waals surface area contributed by atoms with Crippen LogP contribution in [0.25, 0.3) is 11.1 Å². The number of carbonyl (C=O) groups excluding carboxylic acids is 1. The van der Waals surface area contributed by atoms with E-state index in [0.717, 1.165) is 24.8 Å². The first-order valence-corrected chi connectivity index (χ1v) is 11.5. The zero-order valence-electron chi connectivity index (χ0n) is 18.9. The standard InChI is InChI=1S/C25H25ClFN5O2/c1-31(2)24(34)19-17(28)7-6-15(22(19)27)16-12-29-23-20(21(16)26)25(13-30-23)9-8-14(11-25)32-10-4-3-5-18(32)33/h3-7,10,12,14H,8-9,11,13,28H2,1-2H3,(H,29,30)/t14-,25-/m0/s1. The summed E-state index contributed by atoms with van der Waals surface area (Å²) in [6, 6.07) is 8.24. The Balaban J connectivity index is 1.59. The maximum Gasteiger partial charge on any atom is 0.258 e. The van der Waals surface area contributed by atoms with E-state index in [1.807, 2.05) is 12.3 Å². The van der Waals surface area contributed by atoms with E-state index < -0.39 is 11.7 Å². The fourth-order valence-corrected chi connectivity index (χ4v) is 5.78. The number of nitrogens with zero attached hydrogens (tertiary/aromatic N) is 3. The molecule has 1 amide bonds. The molecule has 1 aliphatic carbocycles. The minimum absolute atomic E-state index is 0.0317. The molecule has 5 rings (SSSR count). The molecule has 2 atom stereocenters. The summed E-state index contributed by atoms with van der Waals surface area (Å²) in [7, 11) is 3.09. The van der Waals surface area contributed by atoms with Gasteiger partial charge in [-0.1, -0.05) is 17.7 Å². The van der Waals surface area contributed by atoms with Crippen molar-refractivity contribution in [3.05, 3.63) is 75.0 Å². The van der Waals surface area contributed by atoms with Crippen molar-refractivity contribution in [1.29, 1.82) is 0 Å². The van der Waals surface area contributed by atoms with Gasteiger partial charge in [-0.15, -0.1) is 0 Å². The summed E-state index contributed by atoms with van der Waals surface area (Å²) in [6.07, 6.45) is 5.70. The molecule has 1 aliphatic heterocycles. The average Bonchev–Trinajstić information content (AvgIpc) is 3.39. The largest absolute Gasteiger partial charge is 0.398 e. The van der Waals surface area contributed by atoms with Crippen LogP contribution in [0.15, 0.2) is 47.5 Å². The Bertz CT molecular complexity index is 1370. The lowest BCUT2D eigenvalue weighted by atomic mass is 9.80. The van der Waals surface area contributed by atoms with Crippen molar-refractivity contribution in [2.45, 2.75) is 30.7 Å². The lowest BCUT2D eigenvalue weighted by molar-refractivity contribution is 0.0824. The molecule has 0 radical (unpaired) electrons. The molecule has 3 heterocycles. The molecule has 0 saturated heterocycles. The lowest BCUT2D eigenvalue weighted by Crippen LogP contribution is -2.28. The highest BCUT2D eigenvalue weighted by atomic mass is 35.5. The van der Waals surface area contributed by atoms with Gasteiger partial charge in [0.15, 0.2) is 0 Å². The van der Waals surface area contributed by atoms with E-state index in [-0.39, 0.29) is 33.8 Å². The SMILES string of the molecule is CN(C)C(=O)c1c(N)ccc(-c2cnc3c(c2Cl)[C@]2(CC[C@H](n4ccccc4=O)C2)CN3)c1F. The van der Waals surface area contributed by atoms with Crippen LogP contribution in [-0.4, -0.2) is 41.0 Å². The third-order valence-corrected chi connectivity index (χ3v) is 7.44. The zero-order chi connectivity index (χ0) is 24.2. The normalized spacial score (nSPS) is 20.9. The van der Waals surface area contributed by atoms with Crippen LogP contribution >= 0.6 is 11.6 Å². The van der Waals surface area contributed by atoms with Gasteiger partial charge in [-0.05, 0) is 37.5 Å². The van der Waals surface area contributed by atoms with Crippen molar-refractivity contribution < 1.29 is 9.18 Å². The van der Waals surface area contributed by atoms with Crippen molar-refractivity contribution >= 4 is 29.0 Å². The van der Waals surface area contributed by atoms with Crippen LogP contribution in [0.5, 0.6) is 0 Å². The molecule has 9 heteroatoms. The summed E-state index contributed by atoms with van der Waals surface area (Å²) in [6.45, 7) is 0.644. The second-order valence-electron chi connectivity index (χ2n) is 9.28. The minimum atomic E-state index is -0.720. The molecule has 1 fully saturated rings. The van der Waals surface area contributed by atoms with Gasteiger partial charge in [-0.25, -0.2) is 9.37 Å². The molecule has 3 aromatic rings. The van der Waals surface area contributed by atoms with Crippen LogP contribution in [0.1, 0.15) is 41.2 Å². The van der Waals surface area contributed by atoms with E-state index in [2.05, 4.69) is 10.3 Å². The Hall–Kier alpha value is -3.39. The Morgan fingerprint density at radius 2 is 2.09 bits per heavy atom. The molecule has 34 heavy (non-hydrogen) atoms. The number of aromatic nitrogens is 2. The van der Waals surface area contributed by atoms with Crippen molar-refractivity contribution in [3.8, 4) is 11.1 Å². The second kappa shape index (κ2) is 8.13. The number of anilines is 2. The number of pyridine rings is 2. The Morgan fingerprint density at radius 3 is 2.82 bits per heavy atom. The number of nitrogens with two attached hydrogens (primary N) is 1. The molecular formula is C25H25ClFN5O2. The van der Waals surface area contributed by atoms with E-state index in [0.29, 0.717) is 22.9 Å². The first-order valence-electron chi connectivity index (χ1n) is 11.1. The quantitative estimate of drug-likeness (QED) is 0.550. The molecule has 3 N–H and O–H groups in total. The third kappa shape index (κ3) is 3.36. The van der Waals surface area contributed by atoms with Gasteiger partial charge in [0.1, 0.15) is 11.6 Å². The third-order valence-electron chi connectivity index (χ3n) is 7.05. The van der Waals surface area contributed by atoms with Crippen LogP contribution in [0.2, 0.25) is 5.02 Å². The van der Waals surface area contributed by atoms with E-state index in [1.54, 1.807) is 30.8 Å². The fourth-order valence-electron chi connectivity index (χ4n) is 5.34. The summed E-state index contributed by atoms with van der Waals surface area (Å²) in [5.74, 6) is -0.565. The number of hydrogen-bond donors (Lipinski definition) is 2. The average molecular weight is 482 g/mol. The summed E-state index contributed by atoms with van der Waals surface area (Å²) in [5.41, 5.74) is 6.90. The first kappa shape index (κ1) is 22.4. The number of nitrogen functional groups attached to an aromatic ring is 1. The minimum Gasteiger partial charge on any atom is -0.398 e. The van der Waals surface area contributed by atoms with Crippen molar-refractivity contribution in [1.82, 2.24) is 14.5 Å². The Kier molecular flexibility index (Phi) is 5.36. The lowest BCUT2D eigenvalue weighted by Gasteiger charge is -2.25. The van der Waals surface area contributed by atoms with Crippen LogP contribution < -0.4 is 16.6 Å². The Labute approximate surface area is 201 Å². The molecule has 1 saturated carbocycles. The number of nitrogens with one attached hydrogen (secondary N) is 1. The number of hydrogen-bond acceptors (Lipinski definition) is 5. The number of amides is 1. The summed E-state index contributed by atoms with van der Waals surface area (Å²) < 4.78 is 17.4. The van der Waals surface area contributed by atoms with Crippen molar-refractivity contribution in [3.63, 3.8) is 0 Å². The highest BCUT2D eigenvalue weighted by Crippen LogP contribution is 2.54. The van der Waals surface area contributed by atoms with Gasteiger partial charge in [-0.2, -0.15) is 0 Å². The number of halogens is 2. The zero-order valence-corrected chi connectivity index (χ0v) is 19.7. The number of fused-ring (bicyclic) bond motifs is 2. The van der Waals surface area contributed by atoms with Crippen LogP contribution in [-0.2, 0) is 5.41 Å². The predicted octanol–water partition coefficient (Wildman–Crippen LogP) is 4.08. The second-order valence-corrected chi connectivity index (χ2v) is 9.65. The van der Waals surface area contributed by atoms with Crippen LogP contribution in [0, 0.1) is 5.82 Å². The van der Waals surface area contributed by atoms with Crippen molar-refractivity contribution in [2.24, 2.45) is 0 Å². The highest BCUT2D eigenvalue weighted by molar-refractivity contribution is 6.34. The molecular weight excluding hydrogens is 457 g/mol. The van der Waals surface area contributed by atoms with Crippen LogP contribution in [0.3, 0.4) is 0 Å². The summed E-state index contributed by atoms with van der Waals surface area (Å²) in [4.78, 5) is 30.8. The molecule has 176 valence electrons. The highest BCUT2D eigenvalue weighted by Gasteiger charge is 2.48. The van der Waals surface area contributed by atoms with Gasteiger partial charge in [-0.3, -0.25) is 9.59 Å². The smallest absolute Gasteiger partial charge is 0.258 e. The van der Waals surface area contributed by atoms with Crippen LogP contribution in [0.4, 0.5) is 15.9 Å². The topological polar surface area (TPSA) is 93.2 Å². The maximum atomic E-state index is 15.6. The van der Waals surface area contributed by atoms with Gasteiger partial charge in [0, 0.05) is 72.9 Å². The molecule has 2 aliphatic rings. The van der Waals surface area contributed by atoms with Gasteiger partial charge in [0.05, 0.1) is 10.6 Å². The van der Waals surface area contributed by atoms with Gasteiger partial charge >= 0.3 is 0 Å². The van der Waals surface area contributed by atoms with Gasteiger partial charge < -0.3 is 20.5 Å². The predicted molar refractivity (Wildman–Crippen MR) is 131 cm³/mol. The fraction of sp³-hybridized carbons (Fsp3) is 0.320. The molecule has 1 spiro atoms. The molecule has 0 unspecified atom stereocenters. The summed E-state index contributed by atoms with van der Waals surface area (Å²) in [5, 5.41) is 3.76. The van der Waals surface area contributed by atoms with Gasteiger partial charge in [0.25, 0.3) is 11.5 Å².